The van der Waals surface area contributed by atoms with Crippen LogP contribution in [0.5, 0.6) is 0 Å². The van der Waals surface area contributed by atoms with Crippen LogP contribution in [0.4, 0.5) is 0 Å². The fraction of sp³-hybridized carbons (Fsp3) is 0. The van der Waals surface area contributed by atoms with Crippen molar-refractivity contribution in [2.45, 2.75) is 0 Å². The molecule has 2 aromatic heterocycles. The van der Waals surface area contributed by atoms with Crippen molar-refractivity contribution in [2.24, 2.45) is 0 Å². The van der Waals surface area contributed by atoms with Gasteiger partial charge in [-0.1, -0.05) is 0 Å². The third kappa shape index (κ3) is 3.58. The van der Waals surface area contributed by atoms with Crippen LogP contribution in [0.3, 0.4) is 0 Å². The van der Waals surface area contributed by atoms with Gasteiger partial charge < -0.3 is 0 Å². The van der Waals surface area contributed by atoms with Crippen molar-refractivity contribution < 1.29 is 17.7 Å². The molecule has 2 aromatic carbocycles. The van der Waals surface area contributed by atoms with Gasteiger partial charge in [0.05, 0.1) is 0 Å². The van der Waals surface area contributed by atoms with Crippen molar-refractivity contribution in [3.63, 3.8) is 0 Å². The molecule has 0 bridgehead atoms. The number of pyridine rings is 2. The van der Waals surface area contributed by atoms with Crippen molar-refractivity contribution in [1.82, 2.24) is 9.97 Å². The fourth-order valence-electron chi connectivity index (χ4n) is 2.60. The molecule has 4 rings (SSSR count). The van der Waals surface area contributed by atoms with Crippen LogP contribution in [0.1, 0.15) is 0 Å². The average molecular weight is 501 g/mol. The minimum absolute atomic E-state index is 0.509. The Labute approximate surface area is 155 Å². The van der Waals surface area contributed by atoms with Crippen LogP contribution < -0.4 is 8.15 Å². The molecular formula is C22H16IrN2+. The molecule has 0 fully saturated rings. The summed E-state index contributed by atoms with van der Waals surface area (Å²) >= 11 is -0.509. The summed E-state index contributed by atoms with van der Waals surface area (Å²) in [7, 11) is 0. The van der Waals surface area contributed by atoms with E-state index in [4.69, 9.17) is 0 Å². The van der Waals surface area contributed by atoms with Gasteiger partial charge in [0, 0.05) is 0 Å². The predicted molar refractivity (Wildman–Crippen MR) is 98.6 cm³/mol. The number of hydrogen-bond donors (Lipinski definition) is 0. The topological polar surface area (TPSA) is 25.8 Å². The second-order valence-electron chi connectivity index (χ2n) is 5.42. The Balaban J connectivity index is 1.76. The molecular weight excluding hydrogens is 484 g/mol. The third-order valence-corrected chi connectivity index (χ3v) is 7.15. The number of benzene rings is 2. The van der Waals surface area contributed by atoms with Crippen molar-refractivity contribution in [2.75, 3.05) is 0 Å². The molecule has 0 aliphatic carbocycles. The maximum atomic E-state index is 4.54. The van der Waals surface area contributed by atoms with Gasteiger partial charge in [-0.3, -0.25) is 0 Å². The Morgan fingerprint density at radius 3 is 1.36 bits per heavy atom. The average Bonchev–Trinajstić information content (AvgIpc) is 2.70. The monoisotopic (exact) mass is 501 g/mol. The molecule has 0 aliphatic heterocycles. The van der Waals surface area contributed by atoms with E-state index in [0.717, 1.165) is 11.4 Å². The fourth-order valence-corrected chi connectivity index (χ4v) is 5.81. The van der Waals surface area contributed by atoms with Crippen molar-refractivity contribution >= 4 is 8.15 Å². The van der Waals surface area contributed by atoms with Gasteiger partial charge in [0.2, 0.25) is 0 Å². The molecule has 0 spiro atoms. The van der Waals surface area contributed by atoms with E-state index in [9.17, 15) is 0 Å². The van der Waals surface area contributed by atoms with Crippen LogP contribution in [-0.2, 0) is 17.7 Å². The van der Waals surface area contributed by atoms with Crippen LogP contribution >= 0.6 is 0 Å². The minimum atomic E-state index is -0.509. The molecule has 0 unspecified atom stereocenters. The maximum absolute atomic E-state index is 4.54. The second-order valence-corrected chi connectivity index (χ2v) is 8.60. The summed E-state index contributed by atoms with van der Waals surface area (Å²) in [6.07, 6.45) is 3.71. The van der Waals surface area contributed by atoms with Crippen LogP contribution in [-0.4, -0.2) is 9.97 Å². The van der Waals surface area contributed by atoms with E-state index in [-0.39, 0.29) is 0 Å². The SMILES string of the molecule is c1ccc(-c2cccc[c]2[Ir+][c]2ccccc2-c2ccccn2)nc1. The van der Waals surface area contributed by atoms with Gasteiger partial charge in [-0.25, -0.2) is 0 Å². The van der Waals surface area contributed by atoms with Crippen molar-refractivity contribution in [3.05, 3.63) is 97.3 Å². The summed E-state index contributed by atoms with van der Waals surface area (Å²) in [6.45, 7) is 0. The zero-order valence-corrected chi connectivity index (χ0v) is 15.9. The Hall–Kier alpha value is -2.61. The van der Waals surface area contributed by atoms with Crippen LogP contribution in [0.25, 0.3) is 22.5 Å². The molecule has 2 nitrogen and oxygen atoms in total. The van der Waals surface area contributed by atoms with E-state index >= 15 is 0 Å². The van der Waals surface area contributed by atoms with Crippen LogP contribution in [0.15, 0.2) is 97.3 Å². The summed E-state index contributed by atoms with van der Waals surface area (Å²) in [5.41, 5.74) is 4.55. The quantitative estimate of drug-likeness (QED) is 0.426. The molecule has 0 atom stereocenters. The first kappa shape index (κ1) is 15.9. The van der Waals surface area contributed by atoms with Gasteiger partial charge in [-0.15, -0.1) is 0 Å². The third-order valence-electron chi connectivity index (χ3n) is 3.77. The van der Waals surface area contributed by atoms with Gasteiger partial charge in [0.1, 0.15) is 0 Å². The van der Waals surface area contributed by atoms with E-state index in [2.05, 4.69) is 70.6 Å². The molecule has 25 heavy (non-hydrogen) atoms. The first-order valence-corrected chi connectivity index (χ1v) is 10.4. The van der Waals surface area contributed by atoms with Crippen molar-refractivity contribution in [1.29, 1.82) is 0 Å². The molecule has 2 heterocycles. The molecule has 0 saturated heterocycles. The number of rotatable bonds is 4. The number of nitrogens with zero attached hydrogens (tertiary/aromatic N) is 2. The number of aromatic nitrogens is 2. The Bertz CT molecular complexity index is 888. The van der Waals surface area contributed by atoms with E-state index in [1.54, 1.807) is 0 Å². The summed E-state index contributed by atoms with van der Waals surface area (Å²) in [6, 6.07) is 29.4. The summed E-state index contributed by atoms with van der Waals surface area (Å²) in [5, 5.41) is 0. The van der Waals surface area contributed by atoms with Crippen LogP contribution in [0.2, 0.25) is 0 Å². The van der Waals surface area contributed by atoms with Gasteiger partial charge in [-0.2, -0.15) is 0 Å². The first-order valence-electron chi connectivity index (χ1n) is 8.03. The molecule has 0 saturated carbocycles. The van der Waals surface area contributed by atoms with E-state index in [1.807, 2.05) is 36.7 Å². The first-order chi connectivity index (χ1) is 12.4. The Morgan fingerprint density at radius 1 is 0.480 bits per heavy atom. The van der Waals surface area contributed by atoms with E-state index in [0.29, 0.717) is 0 Å². The zero-order valence-electron chi connectivity index (χ0n) is 13.5. The van der Waals surface area contributed by atoms with Gasteiger partial charge in [-0.05, 0) is 0 Å². The van der Waals surface area contributed by atoms with Gasteiger partial charge in [0.25, 0.3) is 0 Å². The van der Waals surface area contributed by atoms with Crippen LogP contribution in [0, 0.1) is 0 Å². The summed E-state index contributed by atoms with van der Waals surface area (Å²) < 4.78 is 2.79. The van der Waals surface area contributed by atoms with Crippen molar-refractivity contribution in [3.8, 4) is 22.5 Å². The molecule has 4 aromatic rings. The standard InChI is InChI=1S/2C11H8N.Ir/c2*1-2-6-10(7-3-1)11-8-4-5-9-12-11;/h2*1-6,8-9H;/q;;+1. The zero-order chi connectivity index (χ0) is 16.9. The molecule has 122 valence electrons. The molecule has 0 amide bonds. The predicted octanol–water partition coefficient (Wildman–Crippen LogP) is 3.84. The Morgan fingerprint density at radius 2 is 0.920 bits per heavy atom. The van der Waals surface area contributed by atoms with E-state index < -0.39 is 17.7 Å². The summed E-state index contributed by atoms with van der Waals surface area (Å²) in [5.74, 6) is 0. The summed E-state index contributed by atoms with van der Waals surface area (Å²) in [4.78, 5) is 9.08. The van der Waals surface area contributed by atoms with Gasteiger partial charge in [0.15, 0.2) is 0 Å². The Kier molecular flexibility index (Phi) is 4.78. The molecule has 0 aliphatic rings. The number of hydrogen-bond acceptors (Lipinski definition) is 2. The molecule has 0 N–H and O–H groups in total. The molecule has 3 heteroatoms. The second kappa shape index (κ2) is 7.52. The van der Waals surface area contributed by atoms with Gasteiger partial charge >= 0.3 is 156 Å². The van der Waals surface area contributed by atoms with E-state index in [1.165, 1.54) is 19.3 Å². The molecule has 0 radical (unpaired) electrons. The normalized spacial score (nSPS) is 10.7.